The molecule has 2 aliphatic carbocycles. The lowest BCUT2D eigenvalue weighted by Gasteiger charge is -2.34. The van der Waals surface area contributed by atoms with E-state index in [0.717, 1.165) is 13.1 Å². The van der Waals surface area contributed by atoms with Crippen molar-refractivity contribution in [3.8, 4) is 0 Å². The van der Waals surface area contributed by atoms with E-state index in [9.17, 15) is 28.0 Å². The molecule has 3 N–H and O–H groups in total. The van der Waals surface area contributed by atoms with Crippen LogP contribution in [0.3, 0.4) is 0 Å². The van der Waals surface area contributed by atoms with Crippen molar-refractivity contribution >= 4 is 29.3 Å². The number of nitrogens with zero attached hydrogens (tertiary/aromatic N) is 4. The smallest absolute Gasteiger partial charge is 0.269 e. The molecule has 1 aromatic heterocycles. The summed E-state index contributed by atoms with van der Waals surface area (Å²) in [4.78, 5) is 53.5. The van der Waals surface area contributed by atoms with E-state index in [2.05, 4.69) is 25.9 Å². The van der Waals surface area contributed by atoms with Gasteiger partial charge in [-0.3, -0.25) is 23.9 Å². The molecule has 1 saturated heterocycles. The minimum atomic E-state index is -0.841. The fourth-order valence-electron chi connectivity index (χ4n) is 5.17. The van der Waals surface area contributed by atoms with E-state index in [1.165, 1.54) is 40.9 Å². The maximum absolute atomic E-state index is 14.8. The number of alkyl halides is 1. The number of anilines is 1. The molecule has 1 aliphatic heterocycles. The van der Waals surface area contributed by atoms with Crippen molar-refractivity contribution in [3.63, 3.8) is 0 Å². The molecule has 45 heavy (non-hydrogen) atoms. The Morgan fingerprint density at radius 1 is 1.00 bits per heavy atom. The lowest BCUT2D eigenvalue weighted by Crippen LogP contribution is -2.54. The number of likely N-dealkylation sites (N-methyl/N-ethyl adjacent to an activating group) is 1. The van der Waals surface area contributed by atoms with Gasteiger partial charge < -0.3 is 25.8 Å². The van der Waals surface area contributed by atoms with Crippen LogP contribution in [0.4, 0.5) is 14.5 Å². The van der Waals surface area contributed by atoms with E-state index >= 15 is 0 Å². The lowest BCUT2D eigenvalue weighted by atomic mass is 10.0. The molecule has 246 valence electrons. The normalized spacial score (nSPS) is 17.1. The number of carbonyl (C=O) groups excluding carboxylic acids is 4. The number of halogens is 2. The topological polar surface area (TPSA) is 129 Å². The largest absolute Gasteiger partial charge is 0.344 e. The van der Waals surface area contributed by atoms with Gasteiger partial charge in [0, 0.05) is 45.2 Å². The van der Waals surface area contributed by atoms with Gasteiger partial charge in [-0.2, -0.15) is 5.10 Å². The predicted octanol–water partition coefficient (Wildman–Crippen LogP) is 2.77. The van der Waals surface area contributed by atoms with E-state index in [1.807, 2.05) is 7.05 Å². The maximum atomic E-state index is 14.8. The molecule has 2 heterocycles. The van der Waals surface area contributed by atoms with Crippen LogP contribution >= 0.6 is 0 Å². The first-order chi connectivity index (χ1) is 21.7. The number of rotatable bonds is 13. The third-order valence-electron chi connectivity index (χ3n) is 8.23. The molecular formula is C32H45F2N7O4. The summed E-state index contributed by atoms with van der Waals surface area (Å²) in [5.74, 6) is -0.138. The van der Waals surface area contributed by atoms with Gasteiger partial charge in [0.1, 0.15) is 24.2 Å². The van der Waals surface area contributed by atoms with Gasteiger partial charge in [-0.15, -0.1) is 0 Å². The van der Waals surface area contributed by atoms with Gasteiger partial charge in [0.2, 0.25) is 17.7 Å². The number of hydrogen-bond donors (Lipinski definition) is 3. The van der Waals surface area contributed by atoms with Crippen molar-refractivity contribution in [1.82, 2.24) is 30.2 Å². The third-order valence-corrected chi connectivity index (χ3v) is 8.23. The Morgan fingerprint density at radius 2 is 1.69 bits per heavy atom. The average Bonchev–Trinajstić information content (AvgIpc) is 3.98. The number of amides is 4. The molecular weight excluding hydrogens is 584 g/mol. The van der Waals surface area contributed by atoms with Crippen molar-refractivity contribution in [2.24, 2.45) is 11.8 Å². The molecule has 1 aromatic carbocycles. The standard InChI is InChI=1S/C25H33F2N7O4.C7H12/c1-3-22(35)31-20(25(38)33-12-10-32(2)11-13-33)15-17-4-5-19(18(27)14-17)30-23(36)16-28-24(37)21-6-8-29-34(21)9-7-26;1-2-6(1)5-7-3-4-7/h4-6,8,14,20H,3,7,9-13,15-16H2,1-2H3,(H,28,37)(H,30,36)(H,31,35);6-7H,1-5H2. The Balaban J connectivity index is 0.000000569. The molecule has 4 amide bonds. The highest BCUT2D eigenvalue weighted by molar-refractivity contribution is 5.98. The van der Waals surface area contributed by atoms with Crippen molar-refractivity contribution in [2.45, 2.75) is 64.5 Å². The SMILES string of the molecule is C1CC1CC1CC1.CCC(=O)NC(Cc1ccc(NC(=O)CNC(=O)c2ccnn2CCF)c(F)c1)C(=O)N1CCN(C)CC1. The fourth-order valence-corrected chi connectivity index (χ4v) is 5.17. The first-order valence-corrected chi connectivity index (χ1v) is 15.9. The Kier molecular flexibility index (Phi) is 12.4. The molecule has 5 rings (SSSR count). The van der Waals surface area contributed by atoms with Crippen molar-refractivity contribution in [2.75, 3.05) is 51.8 Å². The zero-order valence-corrected chi connectivity index (χ0v) is 26.2. The summed E-state index contributed by atoms with van der Waals surface area (Å²) in [6.45, 7) is 2.99. The second kappa shape index (κ2) is 16.4. The third kappa shape index (κ3) is 10.9. The highest BCUT2D eigenvalue weighted by Crippen LogP contribution is 2.43. The molecule has 2 aromatic rings. The van der Waals surface area contributed by atoms with Crippen molar-refractivity contribution in [1.29, 1.82) is 0 Å². The highest BCUT2D eigenvalue weighted by atomic mass is 19.1. The summed E-state index contributed by atoms with van der Waals surface area (Å²) in [5, 5.41) is 11.4. The summed E-state index contributed by atoms with van der Waals surface area (Å²) in [5.41, 5.74) is 0.468. The molecule has 1 atom stereocenters. The van der Waals surface area contributed by atoms with E-state index in [0.29, 0.717) is 18.7 Å². The first kappa shape index (κ1) is 34.0. The number of hydrogen-bond acceptors (Lipinski definition) is 6. The van der Waals surface area contributed by atoms with Crippen LogP contribution < -0.4 is 16.0 Å². The van der Waals surface area contributed by atoms with Crippen LogP contribution in [0.1, 0.15) is 61.5 Å². The average molecular weight is 630 g/mol. The Bertz CT molecular complexity index is 1310. The van der Waals surface area contributed by atoms with Crippen molar-refractivity contribution in [3.05, 3.63) is 47.5 Å². The van der Waals surface area contributed by atoms with Gasteiger partial charge in [0.15, 0.2) is 0 Å². The molecule has 3 fully saturated rings. The summed E-state index contributed by atoms with van der Waals surface area (Å²) >= 11 is 0. The van der Waals surface area contributed by atoms with Gasteiger partial charge >= 0.3 is 0 Å². The second-order valence-electron chi connectivity index (χ2n) is 12.1. The molecule has 13 heteroatoms. The Hall–Kier alpha value is -3.87. The Morgan fingerprint density at radius 3 is 2.29 bits per heavy atom. The molecule has 0 spiro atoms. The molecule has 3 aliphatic rings. The zero-order valence-electron chi connectivity index (χ0n) is 26.2. The van der Waals surface area contributed by atoms with Gasteiger partial charge in [0.05, 0.1) is 18.8 Å². The predicted molar refractivity (Wildman–Crippen MR) is 166 cm³/mol. The van der Waals surface area contributed by atoms with Crippen LogP contribution in [0.25, 0.3) is 0 Å². The fraction of sp³-hybridized carbons (Fsp3) is 0.594. The van der Waals surface area contributed by atoms with Gasteiger partial charge in [-0.25, -0.2) is 8.78 Å². The number of aromatic nitrogens is 2. The van der Waals surface area contributed by atoms with Gasteiger partial charge in [-0.1, -0.05) is 38.7 Å². The maximum Gasteiger partial charge on any atom is 0.269 e. The number of piperazine rings is 1. The number of carbonyl (C=O) groups is 4. The lowest BCUT2D eigenvalue weighted by molar-refractivity contribution is -0.137. The molecule has 0 bridgehead atoms. The number of benzene rings is 1. The van der Waals surface area contributed by atoms with Crippen LogP contribution in [-0.4, -0.2) is 95.7 Å². The van der Waals surface area contributed by atoms with E-state index in [4.69, 9.17) is 0 Å². The highest BCUT2D eigenvalue weighted by Gasteiger charge is 2.31. The molecule has 0 radical (unpaired) electrons. The summed E-state index contributed by atoms with van der Waals surface area (Å²) < 4.78 is 28.6. The summed E-state index contributed by atoms with van der Waals surface area (Å²) in [6.07, 6.45) is 9.43. The molecule has 2 saturated carbocycles. The van der Waals surface area contributed by atoms with Crippen LogP contribution in [0.5, 0.6) is 0 Å². The molecule has 11 nitrogen and oxygen atoms in total. The first-order valence-electron chi connectivity index (χ1n) is 15.9. The van der Waals surface area contributed by atoms with Gasteiger partial charge in [-0.05, 0) is 49.1 Å². The monoisotopic (exact) mass is 629 g/mol. The number of aryl methyl sites for hydroxylation is 1. The van der Waals surface area contributed by atoms with E-state index in [-0.39, 0.29) is 42.6 Å². The summed E-state index contributed by atoms with van der Waals surface area (Å²) in [7, 11) is 1.97. The van der Waals surface area contributed by atoms with E-state index in [1.54, 1.807) is 50.0 Å². The zero-order chi connectivity index (χ0) is 32.3. The molecule has 1 unspecified atom stereocenters. The summed E-state index contributed by atoms with van der Waals surface area (Å²) in [6, 6.07) is 4.68. The minimum absolute atomic E-state index is 0.0880. The van der Waals surface area contributed by atoms with Crippen LogP contribution in [0.15, 0.2) is 30.5 Å². The number of nitrogens with one attached hydrogen (secondary N) is 3. The second-order valence-corrected chi connectivity index (χ2v) is 12.1. The minimum Gasteiger partial charge on any atom is -0.344 e. The van der Waals surface area contributed by atoms with Crippen LogP contribution in [0.2, 0.25) is 0 Å². The quantitative estimate of drug-likeness (QED) is 0.313. The Labute approximate surface area is 263 Å². The van der Waals surface area contributed by atoms with Crippen LogP contribution in [-0.2, 0) is 27.3 Å². The van der Waals surface area contributed by atoms with Gasteiger partial charge in [0.25, 0.3) is 5.91 Å². The van der Waals surface area contributed by atoms with Crippen LogP contribution in [0, 0.1) is 17.7 Å². The van der Waals surface area contributed by atoms with Crippen molar-refractivity contribution < 1.29 is 28.0 Å². The van der Waals surface area contributed by atoms with E-state index < -0.39 is 36.9 Å².